The minimum Gasteiger partial charge on any atom is -0.490 e. The highest BCUT2D eigenvalue weighted by Crippen LogP contribution is 2.27. The average Bonchev–Trinajstić information content (AvgIpc) is 3.19. The number of rotatable bonds is 11. The highest BCUT2D eigenvalue weighted by molar-refractivity contribution is 5.86. The van der Waals surface area contributed by atoms with Crippen molar-refractivity contribution in [3.05, 3.63) is 30.5 Å². The maximum atomic E-state index is 10.5. The fraction of sp³-hybridized carbons (Fsp3) is 0.600. The zero-order valence-electron chi connectivity index (χ0n) is 28.1. The first-order valence-electron chi connectivity index (χ1n) is 15.0. The summed E-state index contributed by atoms with van der Waals surface area (Å²) in [5.74, 6) is 0.293. The van der Waals surface area contributed by atoms with E-state index < -0.39 is 64.7 Å². The molecule has 6 nitrogen and oxygen atoms in total. The standard InChI is InChI=1S/C20H33N3O3/c1-14(2)21-10-16(24)12-23-9-8-18-19(23)6-5-7-20(18)26-13-17(25)11-22-15(3)4/h5-9,14-17,21-22,24-25H,10-13H2,1-4H3/i1D3,2D3,3D3,4D3,14D,15D. The molecular formula is C20H33N3O3. The van der Waals surface area contributed by atoms with E-state index in [0.717, 1.165) is 0 Å². The van der Waals surface area contributed by atoms with Gasteiger partial charge in [0, 0.05) is 62.4 Å². The molecule has 0 amide bonds. The lowest BCUT2D eigenvalue weighted by molar-refractivity contribution is 0.105. The Bertz CT molecular complexity index is 1100. The van der Waals surface area contributed by atoms with E-state index in [-0.39, 0.29) is 13.2 Å². The quantitative estimate of drug-likeness (QED) is 0.480. The molecule has 0 radical (unpaired) electrons. The number of fused-ring (bicyclic) bond motifs is 1. The molecule has 0 aliphatic carbocycles. The number of aliphatic hydroxyl groups excluding tert-OH is 2. The Hall–Kier alpha value is -1.60. The number of nitrogens with zero attached hydrogens (tertiary/aromatic N) is 1. The molecule has 4 N–H and O–H groups in total. The monoisotopic (exact) mass is 377 g/mol. The van der Waals surface area contributed by atoms with Gasteiger partial charge in [0.15, 0.2) is 0 Å². The predicted molar refractivity (Wildman–Crippen MR) is 106 cm³/mol. The molecule has 0 aliphatic rings. The summed E-state index contributed by atoms with van der Waals surface area (Å²) in [5.41, 5.74) is 0.558. The van der Waals surface area contributed by atoms with Crippen LogP contribution in [-0.2, 0) is 6.54 Å². The van der Waals surface area contributed by atoms with Crippen molar-refractivity contribution >= 4 is 10.9 Å². The lowest BCUT2D eigenvalue weighted by Gasteiger charge is -2.16. The molecule has 0 bridgehead atoms. The van der Waals surface area contributed by atoms with Gasteiger partial charge in [0.05, 0.1) is 11.6 Å². The first kappa shape index (κ1) is 8.61. The van der Waals surface area contributed by atoms with Crippen LogP contribution in [0.5, 0.6) is 5.75 Å². The number of benzene rings is 1. The number of aromatic nitrogens is 1. The van der Waals surface area contributed by atoms with Crippen molar-refractivity contribution in [2.75, 3.05) is 19.7 Å². The molecule has 2 unspecified atom stereocenters. The number of hydrogen-bond donors (Lipinski definition) is 4. The van der Waals surface area contributed by atoms with Crippen molar-refractivity contribution in [2.45, 2.75) is 58.2 Å². The van der Waals surface area contributed by atoms with E-state index in [1.54, 1.807) is 35.0 Å². The molecule has 0 spiro atoms. The molecular weight excluding hydrogens is 330 g/mol. The Labute approximate surface area is 175 Å². The summed E-state index contributed by atoms with van der Waals surface area (Å²) in [7, 11) is 0. The summed E-state index contributed by atoms with van der Waals surface area (Å²) in [6, 6.07) is 0.517. The largest absolute Gasteiger partial charge is 0.490 e. The van der Waals surface area contributed by atoms with Crippen molar-refractivity contribution in [3.63, 3.8) is 0 Å². The molecule has 0 saturated carbocycles. The van der Waals surface area contributed by atoms with E-state index in [9.17, 15) is 10.2 Å². The predicted octanol–water partition coefficient (Wildman–Crippen LogP) is 1.74. The zero-order chi connectivity index (χ0) is 30.9. The van der Waals surface area contributed by atoms with Crippen LogP contribution in [0.15, 0.2) is 30.5 Å². The van der Waals surface area contributed by atoms with E-state index in [2.05, 4.69) is 10.6 Å². The van der Waals surface area contributed by atoms with Gasteiger partial charge in [-0.2, -0.15) is 0 Å². The summed E-state index contributed by atoms with van der Waals surface area (Å²) < 4.78 is 112. The molecule has 6 heteroatoms. The van der Waals surface area contributed by atoms with Crippen LogP contribution in [0.2, 0.25) is 0 Å². The topological polar surface area (TPSA) is 78.7 Å². The zero-order valence-corrected chi connectivity index (χ0v) is 14.1. The molecule has 146 valence electrons. The highest BCUT2D eigenvalue weighted by atomic mass is 16.5. The number of hydrogen-bond acceptors (Lipinski definition) is 5. The second kappa shape index (κ2) is 9.92. The first-order valence-corrected chi connectivity index (χ1v) is 8.01. The van der Waals surface area contributed by atoms with Gasteiger partial charge in [-0.1, -0.05) is 33.5 Å². The van der Waals surface area contributed by atoms with Crippen molar-refractivity contribution in [1.29, 1.82) is 0 Å². The van der Waals surface area contributed by atoms with Gasteiger partial charge in [0.1, 0.15) is 18.5 Å². The maximum Gasteiger partial charge on any atom is 0.128 e. The highest BCUT2D eigenvalue weighted by Gasteiger charge is 2.12. The Morgan fingerprint density at radius 2 is 1.77 bits per heavy atom. The van der Waals surface area contributed by atoms with Crippen molar-refractivity contribution in [2.24, 2.45) is 0 Å². The summed E-state index contributed by atoms with van der Waals surface area (Å²) in [6.07, 6.45) is -1.06. The van der Waals surface area contributed by atoms with Crippen LogP contribution in [0.1, 0.15) is 46.6 Å². The molecule has 0 fully saturated rings. The lowest BCUT2D eigenvalue weighted by Crippen LogP contribution is -2.35. The van der Waals surface area contributed by atoms with Crippen molar-refractivity contribution in [3.8, 4) is 5.75 Å². The second-order valence-corrected chi connectivity index (χ2v) is 5.79. The Kier molecular flexibility index (Phi) is 3.28. The summed E-state index contributed by atoms with van der Waals surface area (Å²) >= 11 is 0. The van der Waals surface area contributed by atoms with E-state index in [1.165, 1.54) is 0 Å². The van der Waals surface area contributed by atoms with Crippen LogP contribution in [0, 0.1) is 0 Å². The Morgan fingerprint density at radius 3 is 2.46 bits per heavy atom. The third kappa shape index (κ3) is 6.29. The molecule has 2 rings (SSSR count). The number of ether oxygens (including phenoxy) is 1. The van der Waals surface area contributed by atoms with Gasteiger partial charge in [-0.05, 0) is 18.2 Å². The van der Waals surface area contributed by atoms with Gasteiger partial charge >= 0.3 is 0 Å². The SMILES string of the molecule is [2H]C([2H])([2H])C([2H])(NCC(O)COc1cccc2c1ccn2CC(O)CNC([2H])(C([2H])([2H])[2H])C([2H])([2H])[2H])C([2H])([2H])[2H]. The fourth-order valence-corrected chi connectivity index (χ4v) is 2.46. The number of aliphatic hydroxyl groups is 2. The van der Waals surface area contributed by atoms with E-state index >= 15 is 0 Å². The molecule has 0 saturated heterocycles. The second-order valence-electron chi connectivity index (χ2n) is 5.79. The number of nitrogens with one attached hydrogen (secondary N) is 2. The molecule has 0 aliphatic heterocycles. The van der Waals surface area contributed by atoms with Crippen LogP contribution >= 0.6 is 0 Å². The lowest BCUT2D eigenvalue weighted by atomic mass is 10.2. The normalized spacial score (nSPS) is 25.0. The van der Waals surface area contributed by atoms with Gasteiger partial charge in [-0.3, -0.25) is 0 Å². The molecule has 1 aromatic carbocycles. The van der Waals surface area contributed by atoms with Gasteiger partial charge in [0.2, 0.25) is 0 Å². The van der Waals surface area contributed by atoms with Gasteiger partial charge < -0.3 is 30.2 Å². The molecule has 2 atom stereocenters. The van der Waals surface area contributed by atoms with Crippen LogP contribution in [0.3, 0.4) is 0 Å². The van der Waals surface area contributed by atoms with Gasteiger partial charge in [-0.15, -0.1) is 0 Å². The molecule has 26 heavy (non-hydrogen) atoms. The van der Waals surface area contributed by atoms with Crippen molar-refractivity contribution in [1.82, 2.24) is 15.2 Å². The van der Waals surface area contributed by atoms with Gasteiger partial charge in [0.25, 0.3) is 0 Å². The molecule has 1 heterocycles. The van der Waals surface area contributed by atoms with E-state index in [0.29, 0.717) is 16.7 Å². The summed E-state index contributed by atoms with van der Waals surface area (Å²) in [4.78, 5) is 0. The van der Waals surface area contributed by atoms with E-state index in [4.69, 9.17) is 23.9 Å². The Morgan fingerprint density at radius 1 is 1.08 bits per heavy atom. The van der Waals surface area contributed by atoms with Crippen LogP contribution in [-0.4, -0.2) is 58.7 Å². The van der Waals surface area contributed by atoms with Crippen LogP contribution in [0.4, 0.5) is 0 Å². The molecule has 1 aromatic heterocycles. The fourth-order valence-electron chi connectivity index (χ4n) is 2.46. The molecule has 2 aromatic rings. The smallest absolute Gasteiger partial charge is 0.128 e. The van der Waals surface area contributed by atoms with Gasteiger partial charge in [-0.25, -0.2) is 0 Å². The van der Waals surface area contributed by atoms with Crippen LogP contribution in [0.25, 0.3) is 10.9 Å². The summed E-state index contributed by atoms with van der Waals surface area (Å²) in [6.45, 7) is -14.3. The third-order valence-electron chi connectivity index (χ3n) is 3.64. The first-order chi connectivity index (χ1) is 17.9. The maximum absolute atomic E-state index is 10.5. The minimum absolute atomic E-state index is 0.0968. The Balaban J connectivity index is 2.07. The third-order valence-corrected chi connectivity index (χ3v) is 3.64. The van der Waals surface area contributed by atoms with Crippen LogP contribution < -0.4 is 15.4 Å². The minimum atomic E-state index is -3.20. The average molecular weight is 378 g/mol. The summed E-state index contributed by atoms with van der Waals surface area (Å²) in [5, 5.41) is 25.5. The van der Waals surface area contributed by atoms with Crippen molar-refractivity contribution < 1.29 is 34.1 Å². The van der Waals surface area contributed by atoms with E-state index in [1.807, 2.05) is 0 Å².